The van der Waals surface area contributed by atoms with Crippen molar-refractivity contribution in [3.63, 3.8) is 0 Å². The highest BCUT2D eigenvalue weighted by atomic mass is 16.2. The third-order valence-corrected chi connectivity index (χ3v) is 4.43. The second-order valence-electron chi connectivity index (χ2n) is 6.78. The quantitative estimate of drug-likeness (QED) is 0.440. The SMILES string of the molecule is CC(=O)Nc1ccc(NC(=O)c2ccnc(Nc3ccc(-n4ccnc4)cc3)c2)cc1. The van der Waals surface area contributed by atoms with Gasteiger partial charge in [-0.25, -0.2) is 9.97 Å². The molecule has 8 heteroatoms. The molecule has 2 amide bonds. The molecule has 2 heterocycles. The molecule has 3 N–H and O–H groups in total. The Balaban J connectivity index is 1.41. The van der Waals surface area contributed by atoms with E-state index in [1.165, 1.54) is 6.92 Å². The molecule has 0 fully saturated rings. The van der Waals surface area contributed by atoms with Gasteiger partial charge in [-0.15, -0.1) is 0 Å². The van der Waals surface area contributed by atoms with E-state index in [9.17, 15) is 9.59 Å². The first-order valence-electron chi connectivity index (χ1n) is 9.57. The smallest absolute Gasteiger partial charge is 0.255 e. The summed E-state index contributed by atoms with van der Waals surface area (Å²) in [4.78, 5) is 32.0. The highest BCUT2D eigenvalue weighted by molar-refractivity contribution is 6.04. The van der Waals surface area contributed by atoms with Gasteiger partial charge in [-0.2, -0.15) is 0 Å². The molecule has 0 radical (unpaired) electrons. The number of amides is 2. The van der Waals surface area contributed by atoms with Crippen molar-refractivity contribution in [2.75, 3.05) is 16.0 Å². The van der Waals surface area contributed by atoms with Crippen LogP contribution in [0.5, 0.6) is 0 Å². The third kappa shape index (κ3) is 5.13. The van der Waals surface area contributed by atoms with Crippen LogP contribution in [0.3, 0.4) is 0 Å². The van der Waals surface area contributed by atoms with Crippen LogP contribution < -0.4 is 16.0 Å². The van der Waals surface area contributed by atoms with Crippen molar-refractivity contribution >= 4 is 34.7 Å². The van der Waals surface area contributed by atoms with Crippen LogP contribution in [-0.2, 0) is 4.79 Å². The number of nitrogens with zero attached hydrogens (tertiary/aromatic N) is 3. The molecule has 2 aromatic carbocycles. The number of carbonyl (C=O) groups excluding carboxylic acids is 2. The van der Waals surface area contributed by atoms with Crippen molar-refractivity contribution in [2.24, 2.45) is 0 Å². The molecule has 154 valence electrons. The fraction of sp³-hybridized carbons (Fsp3) is 0.0435. The molecule has 0 saturated carbocycles. The third-order valence-electron chi connectivity index (χ3n) is 4.43. The molecule has 8 nitrogen and oxygen atoms in total. The number of nitrogens with one attached hydrogen (secondary N) is 3. The van der Waals surface area contributed by atoms with Crippen molar-refractivity contribution in [1.82, 2.24) is 14.5 Å². The van der Waals surface area contributed by atoms with E-state index in [0.29, 0.717) is 22.8 Å². The minimum atomic E-state index is -0.256. The Bertz CT molecular complexity index is 1190. The zero-order chi connectivity index (χ0) is 21.6. The molecule has 0 aliphatic heterocycles. The fourth-order valence-corrected chi connectivity index (χ4v) is 2.96. The summed E-state index contributed by atoms with van der Waals surface area (Å²) in [6, 6.07) is 18.0. The Morgan fingerprint density at radius 1 is 0.839 bits per heavy atom. The first-order valence-corrected chi connectivity index (χ1v) is 9.57. The van der Waals surface area contributed by atoms with E-state index in [2.05, 4.69) is 25.9 Å². The number of hydrogen-bond acceptors (Lipinski definition) is 5. The van der Waals surface area contributed by atoms with Crippen molar-refractivity contribution in [3.8, 4) is 5.69 Å². The van der Waals surface area contributed by atoms with Crippen molar-refractivity contribution in [2.45, 2.75) is 6.92 Å². The second-order valence-corrected chi connectivity index (χ2v) is 6.78. The van der Waals surface area contributed by atoms with E-state index in [0.717, 1.165) is 11.4 Å². The van der Waals surface area contributed by atoms with Gasteiger partial charge in [0.25, 0.3) is 5.91 Å². The first kappa shape index (κ1) is 19.8. The van der Waals surface area contributed by atoms with Gasteiger partial charge in [0, 0.05) is 53.8 Å². The van der Waals surface area contributed by atoms with Crippen molar-refractivity contribution in [1.29, 1.82) is 0 Å². The number of rotatable bonds is 6. The molecule has 0 bridgehead atoms. The van der Waals surface area contributed by atoms with E-state index < -0.39 is 0 Å². The van der Waals surface area contributed by atoms with Crippen molar-refractivity contribution < 1.29 is 9.59 Å². The molecule has 31 heavy (non-hydrogen) atoms. The Morgan fingerprint density at radius 2 is 1.52 bits per heavy atom. The Hall–Kier alpha value is -4.46. The Morgan fingerprint density at radius 3 is 2.16 bits per heavy atom. The number of imidazole rings is 1. The Kier molecular flexibility index (Phi) is 5.70. The topological polar surface area (TPSA) is 101 Å². The average Bonchev–Trinajstić information content (AvgIpc) is 3.30. The lowest BCUT2D eigenvalue weighted by Crippen LogP contribution is -2.12. The normalized spacial score (nSPS) is 10.4. The van der Waals surface area contributed by atoms with E-state index in [1.807, 2.05) is 35.0 Å². The summed E-state index contributed by atoms with van der Waals surface area (Å²) < 4.78 is 1.91. The van der Waals surface area contributed by atoms with E-state index in [1.54, 1.807) is 55.1 Å². The number of anilines is 4. The standard InChI is InChI=1S/C23H20N6O2/c1-16(30)26-18-2-4-20(5-3-18)28-23(31)17-10-11-25-22(14-17)27-19-6-8-21(9-7-19)29-13-12-24-15-29/h2-15H,1H3,(H,25,27)(H,26,30)(H,28,31). The monoisotopic (exact) mass is 412 g/mol. The van der Waals surface area contributed by atoms with Gasteiger partial charge < -0.3 is 20.5 Å². The molecule has 0 spiro atoms. The Labute approximate surface area is 179 Å². The molecular weight excluding hydrogens is 392 g/mol. The van der Waals surface area contributed by atoms with Crippen molar-refractivity contribution in [3.05, 3.63) is 91.1 Å². The van der Waals surface area contributed by atoms with Crippen LogP contribution in [0.15, 0.2) is 85.6 Å². The summed E-state index contributed by atoms with van der Waals surface area (Å²) in [5.41, 5.74) is 3.61. The molecule has 4 aromatic rings. The second kappa shape index (κ2) is 8.91. The predicted molar refractivity (Wildman–Crippen MR) is 120 cm³/mol. The number of carbonyl (C=O) groups is 2. The van der Waals surface area contributed by atoms with E-state index in [-0.39, 0.29) is 11.8 Å². The maximum atomic E-state index is 12.6. The van der Waals surface area contributed by atoms with Gasteiger partial charge >= 0.3 is 0 Å². The molecule has 0 unspecified atom stereocenters. The van der Waals surface area contributed by atoms with Crippen LogP contribution >= 0.6 is 0 Å². The van der Waals surface area contributed by atoms with Crippen LogP contribution in [0.1, 0.15) is 17.3 Å². The lowest BCUT2D eigenvalue weighted by molar-refractivity contribution is -0.114. The number of hydrogen-bond donors (Lipinski definition) is 3. The zero-order valence-electron chi connectivity index (χ0n) is 16.7. The lowest BCUT2D eigenvalue weighted by Gasteiger charge is -2.10. The lowest BCUT2D eigenvalue weighted by atomic mass is 10.2. The number of benzene rings is 2. The summed E-state index contributed by atoms with van der Waals surface area (Å²) in [7, 11) is 0. The molecule has 0 aliphatic rings. The minimum absolute atomic E-state index is 0.148. The molecule has 2 aromatic heterocycles. The minimum Gasteiger partial charge on any atom is -0.340 e. The van der Waals surface area contributed by atoms with Crippen LogP contribution in [0, 0.1) is 0 Å². The van der Waals surface area contributed by atoms with E-state index >= 15 is 0 Å². The van der Waals surface area contributed by atoms with Gasteiger partial charge in [0.2, 0.25) is 5.91 Å². The van der Waals surface area contributed by atoms with E-state index in [4.69, 9.17) is 0 Å². The largest absolute Gasteiger partial charge is 0.340 e. The zero-order valence-corrected chi connectivity index (χ0v) is 16.7. The maximum Gasteiger partial charge on any atom is 0.255 e. The van der Waals surface area contributed by atoms with Gasteiger partial charge in [-0.1, -0.05) is 0 Å². The fourth-order valence-electron chi connectivity index (χ4n) is 2.96. The average molecular weight is 412 g/mol. The highest BCUT2D eigenvalue weighted by Crippen LogP contribution is 2.19. The van der Waals surface area contributed by atoms with Gasteiger partial charge in [-0.3, -0.25) is 9.59 Å². The summed E-state index contributed by atoms with van der Waals surface area (Å²) in [5.74, 6) is 0.155. The molecule has 4 rings (SSSR count). The van der Waals surface area contributed by atoms with Gasteiger partial charge in [0.1, 0.15) is 5.82 Å². The molecule has 0 atom stereocenters. The number of pyridine rings is 1. The van der Waals surface area contributed by atoms with Gasteiger partial charge in [0.05, 0.1) is 6.33 Å². The first-order chi connectivity index (χ1) is 15.1. The summed E-state index contributed by atoms with van der Waals surface area (Å²) in [6.07, 6.45) is 6.92. The predicted octanol–water partition coefficient (Wildman–Crippen LogP) is 4.22. The van der Waals surface area contributed by atoms with Crippen LogP contribution in [0.2, 0.25) is 0 Å². The summed E-state index contributed by atoms with van der Waals surface area (Å²) in [5, 5.41) is 8.73. The molecular formula is C23H20N6O2. The van der Waals surface area contributed by atoms with Crippen LogP contribution in [0.4, 0.5) is 22.9 Å². The van der Waals surface area contributed by atoms with Gasteiger partial charge in [-0.05, 0) is 60.7 Å². The maximum absolute atomic E-state index is 12.6. The summed E-state index contributed by atoms with van der Waals surface area (Å²) in [6.45, 7) is 1.44. The molecule has 0 aliphatic carbocycles. The van der Waals surface area contributed by atoms with Gasteiger partial charge in [0.15, 0.2) is 0 Å². The summed E-state index contributed by atoms with van der Waals surface area (Å²) >= 11 is 0. The number of aromatic nitrogens is 3. The highest BCUT2D eigenvalue weighted by Gasteiger charge is 2.08. The van der Waals surface area contributed by atoms with Crippen LogP contribution in [-0.4, -0.2) is 26.3 Å². The molecule has 0 saturated heterocycles. The van der Waals surface area contributed by atoms with Crippen LogP contribution in [0.25, 0.3) is 5.69 Å².